The zero-order valence-corrected chi connectivity index (χ0v) is 11.0. The topological polar surface area (TPSA) is 24.5 Å². The van der Waals surface area contributed by atoms with Crippen molar-refractivity contribution in [3.05, 3.63) is 28.8 Å². The Morgan fingerprint density at radius 2 is 2.24 bits per heavy atom. The minimum absolute atomic E-state index is 0.796. The molecule has 1 N–H and O–H groups in total. The summed E-state index contributed by atoms with van der Waals surface area (Å²) in [5.74, 6) is 0. The Balaban J connectivity index is 2.23. The van der Waals surface area contributed by atoms with Crippen LogP contribution >= 0.6 is 11.6 Å². The fraction of sp³-hybridized carbons (Fsp3) is 0.538. The van der Waals surface area contributed by atoms with Crippen molar-refractivity contribution >= 4 is 17.3 Å². The van der Waals surface area contributed by atoms with Gasteiger partial charge in [-0.3, -0.25) is 0 Å². The molecule has 17 heavy (non-hydrogen) atoms. The van der Waals surface area contributed by atoms with Crippen molar-refractivity contribution in [1.82, 2.24) is 5.32 Å². The van der Waals surface area contributed by atoms with Crippen LogP contribution in [0.5, 0.6) is 0 Å². The third kappa shape index (κ3) is 3.35. The fourth-order valence-electron chi connectivity index (χ4n) is 2.16. The van der Waals surface area contributed by atoms with E-state index in [0.717, 1.165) is 44.3 Å². The molecule has 0 radical (unpaired) electrons. The van der Waals surface area contributed by atoms with Crippen LogP contribution in [-0.4, -0.2) is 33.4 Å². The highest BCUT2D eigenvalue weighted by molar-refractivity contribution is 6.30. The van der Waals surface area contributed by atoms with Gasteiger partial charge in [-0.05, 0) is 31.2 Å². The van der Waals surface area contributed by atoms with E-state index in [2.05, 4.69) is 22.3 Å². The highest BCUT2D eigenvalue weighted by Gasteiger charge is 2.13. The fourth-order valence-corrected chi connectivity index (χ4v) is 2.32. The van der Waals surface area contributed by atoms with Crippen molar-refractivity contribution in [1.29, 1.82) is 0 Å². The molecule has 1 saturated heterocycles. The molecule has 0 atom stereocenters. The number of anilines is 1. The monoisotopic (exact) mass is 254 g/mol. The van der Waals surface area contributed by atoms with Crippen molar-refractivity contribution in [3.8, 4) is 0 Å². The first-order valence-electron chi connectivity index (χ1n) is 6.07. The van der Waals surface area contributed by atoms with Crippen LogP contribution in [0.15, 0.2) is 18.2 Å². The Labute approximate surface area is 108 Å². The van der Waals surface area contributed by atoms with Gasteiger partial charge in [-0.15, -0.1) is 0 Å². The van der Waals surface area contributed by atoms with Gasteiger partial charge in [0.15, 0.2) is 0 Å². The summed E-state index contributed by atoms with van der Waals surface area (Å²) < 4.78 is 5.49. The third-order valence-corrected chi connectivity index (χ3v) is 3.21. The second-order valence-corrected chi connectivity index (χ2v) is 4.69. The standard InChI is InChI=1S/C13H19ClN2O/c1-15-10-11-3-4-12(14)9-13(11)16-5-2-7-17-8-6-16/h3-4,9,15H,2,5-8,10H2,1H3. The van der Waals surface area contributed by atoms with Gasteiger partial charge in [0, 0.05) is 37.0 Å². The van der Waals surface area contributed by atoms with Crippen LogP contribution in [0.3, 0.4) is 0 Å². The van der Waals surface area contributed by atoms with Crippen LogP contribution < -0.4 is 10.2 Å². The largest absolute Gasteiger partial charge is 0.380 e. The molecule has 0 unspecified atom stereocenters. The molecule has 1 aromatic rings. The lowest BCUT2D eigenvalue weighted by molar-refractivity contribution is 0.152. The molecule has 2 rings (SSSR count). The summed E-state index contributed by atoms with van der Waals surface area (Å²) >= 11 is 6.10. The summed E-state index contributed by atoms with van der Waals surface area (Å²) in [6.07, 6.45) is 1.07. The Morgan fingerprint density at radius 3 is 3.06 bits per heavy atom. The lowest BCUT2D eigenvalue weighted by atomic mass is 10.1. The third-order valence-electron chi connectivity index (χ3n) is 2.98. The summed E-state index contributed by atoms with van der Waals surface area (Å²) in [4.78, 5) is 2.37. The number of halogens is 1. The van der Waals surface area contributed by atoms with Crippen LogP contribution in [0.2, 0.25) is 5.02 Å². The SMILES string of the molecule is CNCc1ccc(Cl)cc1N1CCCOCC1. The number of ether oxygens (including phenoxy) is 1. The Hall–Kier alpha value is -0.770. The first-order valence-corrected chi connectivity index (χ1v) is 6.45. The van der Waals surface area contributed by atoms with E-state index < -0.39 is 0 Å². The Bertz CT molecular complexity index is 362. The van der Waals surface area contributed by atoms with E-state index in [1.165, 1.54) is 11.3 Å². The highest BCUT2D eigenvalue weighted by Crippen LogP contribution is 2.25. The molecule has 0 aromatic heterocycles. The summed E-state index contributed by atoms with van der Waals surface area (Å²) in [6.45, 7) is 4.50. The average Bonchev–Trinajstić information content (AvgIpc) is 2.60. The lowest BCUT2D eigenvalue weighted by Gasteiger charge is -2.25. The van der Waals surface area contributed by atoms with Gasteiger partial charge >= 0.3 is 0 Å². The highest BCUT2D eigenvalue weighted by atomic mass is 35.5. The first-order chi connectivity index (χ1) is 8.31. The van der Waals surface area contributed by atoms with Gasteiger partial charge in [-0.1, -0.05) is 17.7 Å². The van der Waals surface area contributed by atoms with E-state index in [4.69, 9.17) is 16.3 Å². The predicted molar refractivity (Wildman–Crippen MR) is 71.9 cm³/mol. The van der Waals surface area contributed by atoms with E-state index in [-0.39, 0.29) is 0 Å². The molecule has 0 aliphatic carbocycles. The molecule has 1 heterocycles. The molecule has 1 aliphatic rings. The number of benzene rings is 1. The summed E-state index contributed by atoms with van der Waals surface area (Å²) in [7, 11) is 1.96. The molecule has 0 amide bonds. The molecule has 1 fully saturated rings. The van der Waals surface area contributed by atoms with Gasteiger partial charge in [0.2, 0.25) is 0 Å². The maximum Gasteiger partial charge on any atom is 0.0641 e. The zero-order chi connectivity index (χ0) is 12.1. The molecule has 4 heteroatoms. The van der Waals surface area contributed by atoms with Crippen molar-refractivity contribution in [2.75, 3.05) is 38.3 Å². The summed E-state index contributed by atoms with van der Waals surface area (Å²) in [6, 6.07) is 6.10. The van der Waals surface area contributed by atoms with Gasteiger partial charge in [-0.2, -0.15) is 0 Å². The molecule has 3 nitrogen and oxygen atoms in total. The van der Waals surface area contributed by atoms with Crippen LogP contribution in [0.1, 0.15) is 12.0 Å². The van der Waals surface area contributed by atoms with Crippen LogP contribution in [0.4, 0.5) is 5.69 Å². The number of rotatable bonds is 3. The summed E-state index contributed by atoms with van der Waals surface area (Å²) in [5, 5.41) is 3.99. The lowest BCUT2D eigenvalue weighted by Crippen LogP contribution is -2.27. The Morgan fingerprint density at radius 1 is 1.35 bits per heavy atom. The number of nitrogens with one attached hydrogen (secondary N) is 1. The quantitative estimate of drug-likeness (QED) is 0.896. The van der Waals surface area contributed by atoms with Crippen molar-refractivity contribution < 1.29 is 4.74 Å². The summed E-state index contributed by atoms with van der Waals surface area (Å²) in [5.41, 5.74) is 2.52. The second kappa shape index (κ2) is 6.24. The number of nitrogens with zero attached hydrogens (tertiary/aromatic N) is 1. The molecule has 94 valence electrons. The smallest absolute Gasteiger partial charge is 0.0641 e. The van der Waals surface area contributed by atoms with E-state index in [1.807, 2.05) is 13.1 Å². The van der Waals surface area contributed by atoms with Crippen molar-refractivity contribution in [3.63, 3.8) is 0 Å². The normalized spacial score (nSPS) is 16.9. The maximum atomic E-state index is 6.10. The van der Waals surface area contributed by atoms with Crippen LogP contribution in [0, 0.1) is 0 Å². The zero-order valence-electron chi connectivity index (χ0n) is 10.2. The molecular weight excluding hydrogens is 236 g/mol. The van der Waals surface area contributed by atoms with E-state index in [9.17, 15) is 0 Å². The molecule has 0 spiro atoms. The van der Waals surface area contributed by atoms with Gasteiger partial charge in [-0.25, -0.2) is 0 Å². The van der Waals surface area contributed by atoms with E-state index >= 15 is 0 Å². The van der Waals surface area contributed by atoms with Gasteiger partial charge < -0.3 is 15.0 Å². The van der Waals surface area contributed by atoms with Crippen LogP contribution in [-0.2, 0) is 11.3 Å². The molecule has 1 aliphatic heterocycles. The van der Waals surface area contributed by atoms with Crippen LogP contribution in [0.25, 0.3) is 0 Å². The molecule has 0 bridgehead atoms. The second-order valence-electron chi connectivity index (χ2n) is 4.26. The Kier molecular flexibility index (Phi) is 4.66. The number of hydrogen-bond acceptors (Lipinski definition) is 3. The van der Waals surface area contributed by atoms with Gasteiger partial charge in [0.25, 0.3) is 0 Å². The van der Waals surface area contributed by atoms with Gasteiger partial charge in [0.1, 0.15) is 0 Å². The minimum atomic E-state index is 0.796. The number of hydrogen-bond donors (Lipinski definition) is 1. The average molecular weight is 255 g/mol. The van der Waals surface area contributed by atoms with Gasteiger partial charge in [0.05, 0.1) is 6.61 Å². The molecule has 0 saturated carbocycles. The minimum Gasteiger partial charge on any atom is -0.380 e. The van der Waals surface area contributed by atoms with E-state index in [0.29, 0.717) is 0 Å². The maximum absolute atomic E-state index is 6.10. The molecular formula is C13H19ClN2O. The van der Waals surface area contributed by atoms with Crippen molar-refractivity contribution in [2.24, 2.45) is 0 Å². The molecule has 1 aromatic carbocycles. The predicted octanol–water partition coefficient (Wildman–Crippen LogP) is 2.29. The van der Waals surface area contributed by atoms with Crippen molar-refractivity contribution in [2.45, 2.75) is 13.0 Å². The van der Waals surface area contributed by atoms with E-state index in [1.54, 1.807) is 0 Å². The first kappa shape index (κ1) is 12.7.